The van der Waals surface area contributed by atoms with Gasteiger partial charge in [-0.1, -0.05) is 30.3 Å². The molecule has 0 saturated carbocycles. The topological polar surface area (TPSA) is 89.3 Å². The van der Waals surface area contributed by atoms with Gasteiger partial charge in [-0.25, -0.2) is 4.79 Å². The summed E-state index contributed by atoms with van der Waals surface area (Å²) in [6.45, 7) is 0. The molecular weight excluding hydrogens is 192 g/mol. The summed E-state index contributed by atoms with van der Waals surface area (Å²) in [6, 6.07) is 9.83. The Labute approximate surface area is 88.9 Å². The maximum absolute atomic E-state index is 10.6. The van der Waals surface area contributed by atoms with Gasteiger partial charge >= 0.3 is 5.97 Å². The van der Waals surface area contributed by atoms with Crippen LogP contribution in [0.2, 0.25) is 0 Å². The van der Waals surface area contributed by atoms with Crippen LogP contribution in [0.15, 0.2) is 30.3 Å². The van der Waals surface area contributed by atoms with Crippen molar-refractivity contribution in [1.29, 1.82) is 0 Å². The molecule has 4 heteroatoms. The van der Waals surface area contributed by atoms with Crippen molar-refractivity contribution in [3.8, 4) is 0 Å². The average molecular weight is 208 g/mol. The van der Waals surface area contributed by atoms with E-state index in [1.165, 1.54) is 5.56 Å². The zero-order chi connectivity index (χ0) is 11.3. The zero-order valence-electron chi connectivity index (χ0n) is 8.52. The number of carbonyl (C=O) groups is 1. The van der Waals surface area contributed by atoms with Crippen molar-refractivity contribution in [2.45, 2.75) is 24.9 Å². The number of rotatable bonds is 5. The fourth-order valence-electron chi connectivity index (χ4n) is 1.34. The first-order valence-electron chi connectivity index (χ1n) is 4.87. The number of benzene rings is 1. The number of hydrogen-bond acceptors (Lipinski definition) is 3. The van der Waals surface area contributed by atoms with Crippen molar-refractivity contribution in [2.24, 2.45) is 11.5 Å². The number of hydrogen-bond donors (Lipinski definition) is 3. The Morgan fingerprint density at radius 2 is 1.87 bits per heavy atom. The van der Waals surface area contributed by atoms with Gasteiger partial charge in [-0.2, -0.15) is 0 Å². The average Bonchev–Trinajstić information content (AvgIpc) is 2.19. The fourth-order valence-corrected chi connectivity index (χ4v) is 1.34. The Bertz CT molecular complexity index is 323. The number of carboxylic acids is 1. The van der Waals surface area contributed by atoms with Crippen molar-refractivity contribution in [1.82, 2.24) is 0 Å². The van der Waals surface area contributed by atoms with Crippen molar-refractivity contribution >= 4 is 5.97 Å². The van der Waals surface area contributed by atoms with Crippen LogP contribution in [0.1, 0.15) is 18.4 Å². The summed E-state index contributed by atoms with van der Waals surface area (Å²) in [5.74, 6) is -1.16. The maximum atomic E-state index is 10.6. The standard InChI is InChI=1S/C11H16N2O2/c12-11(13,10(14)15)8-4-7-9-5-2-1-3-6-9/h1-3,5-6H,4,7-8,12-13H2,(H,14,15). The van der Waals surface area contributed by atoms with Gasteiger partial charge in [-0.3, -0.25) is 0 Å². The number of carboxylic acid groups (broad SMARTS) is 1. The Hall–Kier alpha value is -1.39. The fraction of sp³-hybridized carbons (Fsp3) is 0.364. The summed E-state index contributed by atoms with van der Waals surface area (Å²) < 4.78 is 0. The normalized spacial score (nSPS) is 11.3. The van der Waals surface area contributed by atoms with Crippen LogP contribution in [-0.4, -0.2) is 16.7 Å². The van der Waals surface area contributed by atoms with Crippen molar-refractivity contribution < 1.29 is 9.90 Å². The largest absolute Gasteiger partial charge is 0.479 e. The summed E-state index contributed by atoms with van der Waals surface area (Å²) >= 11 is 0. The third kappa shape index (κ3) is 3.69. The van der Waals surface area contributed by atoms with Crippen LogP contribution in [0.25, 0.3) is 0 Å². The van der Waals surface area contributed by atoms with Crippen LogP contribution in [0.5, 0.6) is 0 Å². The van der Waals surface area contributed by atoms with E-state index in [4.69, 9.17) is 16.6 Å². The Morgan fingerprint density at radius 1 is 1.27 bits per heavy atom. The lowest BCUT2D eigenvalue weighted by Gasteiger charge is -2.18. The zero-order valence-corrected chi connectivity index (χ0v) is 8.52. The van der Waals surface area contributed by atoms with E-state index in [1.807, 2.05) is 30.3 Å². The second-order valence-electron chi connectivity index (χ2n) is 3.68. The summed E-state index contributed by atoms with van der Waals surface area (Å²) in [6.07, 6.45) is 1.74. The van der Waals surface area contributed by atoms with Crippen LogP contribution in [0.4, 0.5) is 0 Å². The Morgan fingerprint density at radius 3 is 2.40 bits per heavy atom. The summed E-state index contributed by atoms with van der Waals surface area (Å²) in [7, 11) is 0. The van der Waals surface area contributed by atoms with E-state index >= 15 is 0 Å². The molecule has 0 radical (unpaired) electrons. The lowest BCUT2D eigenvalue weighted by molar-refractivity contribution is -0.143. The molecule has 0 aromatic heterocycles. The molecule has 0 aliphatic carbocycles. The lowest BCUT2D eigenvalue weighted by Crippen LogP contribution is -2.56. The van der Waals surface area contributed by atoms with E-state index in [0.29, 0.717) is 6.42 Å². The van der Waals surface area contributed by atoms with Crippen LogP contribution < -0.4 is 11.5 Å². The van der Waals surface area contributed by atoms with Gasteiger partial charge in [0.2, 0.25) is 0 Å². The summed E-state index contributed by atoms with van der Waals surface area (Å²) in [4.78, 5) is 10.6. The lowest BCUT2D eigenvalue weighted by atomic mass is 10.0. The molecule has 1 aromatic rings. The summed E-state index contributed by atoms with van der Waals surface area (Å²) in [5.41, 5.74) is 10.4. The van der Waals surface area contributed by atoms with Gasteiger partial charge in [0.25, 0.3) is 0 Å². The molecule has 0 amide bonds. The van der Waals surface area contributed by atoms with Gasteiger partial charge in [0.15, 0.2) is 5.66 Å². The second kappa shape index (κ2) is 4.91. The molecular formula is C11H16N2O2. The molecule has 0 aliphatic heterocycles. The van der Waals surface area contributed by atoms with Crippen LogP contribution in [0, 0.1) is 0 Å². The third-order valence-electron chi connectivity index (χ3n) is 2.30. The highest BCUT2D eigenvalue weighted by Crippen LogP contribution is 2.09. The van der Waals surface area contributed by atoms with E-state index < -0.39 is 11.6 Å². The highest BCUT2D eigenvalue weighted by atomic mass is 16.4. The monoisotopic (exact) mass is 208 g/mol. The molecule has 1 aromatic carbocycles. The minimum Gasteiger partial charge on any atom is -0.479 e. The quantitative estimate of drug-likeness (QED) is 0.621. The minimum atomic E-state index is -1.60. The molecule has 0 bridgehead atoms. The number of aryl methyl sites for hydroxylation is 1. The van der Waals surface area contributed by atoms with E-state index in [9.17, 15) is 4.79 Å². The predicted octanol–water partition coefficient (Wildman–Crippen LogP) is 0.708. The Balaban J connectivity index is 2.37. The van der Waals surface area contributed by atoms with Gasteiger partial charge in [-0.15, -0.1) is 0 Å². The SMILES string of the molecule is NC(N)(CCCc1ccccc1)C(=O)O. The predicted molar refractivity (Wildman–Crippen MR) is 58.1 cm³/mol. The molecule has 0 fully saturated rings. The second-order valence-corrected chi connectivity index (χ2v) is 3.68. The highest BCUT2D eigenvalue weighted by molar-refractivity contribution is 5.77. The van der Waals surface area contributed by atoms with Gasteiger partial charge in [-0.05, 0) is 24.8 Å². The molecule has 1 rings (SSSR count). The Kier molecular flexibility index (Phi) is 3.82. The number of aliphatic carboxylic acids is 1. The minimum absolute atomic E-state index is 0.275. The number of nitrogens with two attached hydrogens (primary N) is 2. The molecule has 0 spiro atoms. The van der Waals surface area contributed by atoms with Crippen LogP contribution >= 0.6 is 0 Å². The van der Waals surface area contributed by atoms with E-state index in [0.717, 1.165) is 6.42 Å². The van der Waals surface area contributed by atoms with Crippen LogP contribution in [0.3, 0.4) is 0 Å². The van der Waals surface area contributed by atoms with Crippen molar-refractivity contribution in [2.75, 3.05) is 0 Å². The van der Waals surface area contributed by atoms with E-state index in [1.54, 1.807) is 0 Å². The molecule has 15 heavy (non-hydrogen) atoms. The van der Waals surface area contributed by atoms with Crippen molar-refractivity contribution in [3.05, 3.63) is 35.9 Å². The first kappa shape index (κ1) is 11.7. The van der Waals surface area contributed by atoms with Crippen molar-refractivity contribution in [3.63, 3.8) is 0 Å². The van der Waals surface area contributed by atoms with E-state index in [2.05, 4.69) is 0 Å². The molecule has 0 saturated heterocycles. The molecule has 0 unspecified atom stereocenters. The molecule has 5 N–H and O–H groups in total. The third-order valence-corrected chi connectivity index (χ3v) is 2.30. The van der Waals surface area contributed by atoms with Gasteiger partial charge in [0, 0.05) is 0 Å². The smallest absolute Gasteiger partial charge is 0.338 e. The molecule has 0 aliphatic rings. The van der Waals surface area contributed by atoms with Gasteiger partial charge in [0.05, 0.1) is 0 Å². The van der Waals surface area contributed by atoms with Crippen LogP contribution in [-0.2, 0) is 11.2 Å². The molecule has 82 valence electrons. The highest BCUT2D eigenvalue weighted by Gasteiger charge is 2.27. The van der Waals surface area contributed by atoms with Gasteiger partial charge < -0.3 is 16.6 Å². The first-order valence-corrected chi connectivity index (χ1v) is 4.87. The maximum Gasteiger partial charge on any atom is 0.338 e. The summed E-state index contributed by atoms with van der Waals surface area (Å²) in [5, 5.41) is 8.69. The van der Waals surface area contributed by atoms with Gasteiger partial charge in [0.1, 0.15) is 0 Å². The molecule has 0 atom stereocenters. The molecule has 4 nitrogen and oxygen atoms in total. The molecule has 0 heterocycles. The first-order chi connectivity index (χ1) is 7.02. The van der Waals surface area contributed by atoms with E-state index in [-0.39, 0.29) is 6.42 Å².